The summed E-state index contributed by atoms with van der Waals surface area (Å²) in [5.41, 5.74) is -0.278. The highest BCUT2D eigenvalue weighted by atomic mass is 19.4. The van der Waals surface area contributed by atoms with Crippen LogP contribution in [0.4, 0.5) is 23.2 Å². The standard InChI is InChI=1S/C18H18F4N2O/c1-10-5-6-11(9-13(10)17(2,3)4)24-16(25)15-14(19)12(7-8-23-15)18(20,21)22/h5-9H,1-4H3,(H,24,25). The number of amides is 1. The zero-order valence-corrected chi connectivity index (χ0v) is 14.3. The van der Waals surface area contributed by atoms with Gasteiger partial charge < -0.3 is 5.32 Å². The highest BCUT2D eigenvalue weighted by Gasteiger charge is 2.36. The first kappa shape index (κ1) is 18.9. The molecular formula is C18H18F4N2O. The lowest BCUT2D eigenvalue weighted by molar-refractivity contribution is -0.140. The van der Waals surface area contributed by atoms with Crippen LogP contribution in [0.3, 0.4) is 0 Å². The minimum atomic E-state index is -4.90. The maximum Gasteiger partial charge on any atom is 0.419 e. The van der Waals surface area contributed by atoms with Gasteiger partial charge in [0.1, 0.15) is 0 Å². The summed E-state index contributed by atoms with van der Waals surface area (Å²) < 4.78 is 52.3. The molecule has 0 aliphatic carbocycles. The van der Waals surface area contributed by atoms with Crippen molar-refractivity contribution in [3.05, 3.63) is 58.7 Å². The first-order valence-corrected chi connectivity index (χ1v) is 7.55. The number of halogens is 4. The Kier molecular flexibility index (Phi) is 4.88. The Morgan fingerprint density at radius 2 is 1.72 bits per heavy atom. The zero-order chi connectivity index (χ0) is 19.0. The molecular weight excluding hydrogens is 336 g/mol. The van der Waals surface area contributed by atoms with E-state index in [0.29, 0.717) is 11.8 Å². The molecule has 0 bridgehead atoms. The minimum absolute atomic E-state index is 0.190. The molecule has 25 heavy (non-hydrogen) atoms. The lowest BCUT2D eigenvalue weighted by Gasteiger charge is -2.22. The number of nitrogens with one attached hydrogen (secondary N) is 1. The molecule has 0 radical (unpaired) electrons. The molecule has 0 aliphatic rings. The molecule has 3 nitrogen and oxygen atoms in total. The summed E-state index contributed by atoms with van der Waals surface area (Å²) in [6.07, 6.45) is -4.14. The summed E-state index contributed by atoms with van der Waals surface area (Å²) in [5, 5.41) is 2.41. The minimum Gasteiger partial charge on any atom is -0.321 e. The Balaban J connectivity index is 2.36. The van der Waals surface area contributed by atoms with Gasteiger partial charge in [0.25, 0.3) is 5.91 Å². The third-order valence-electron chi connectivity index (χ3n) is 3.71. The molecule has 0 aliphatic heterocycles. The van der Waals surface area contributed by atoms with E-state index in [2.05, 4.69) is 10.3 Å². The molecule has 0 fully saturated rings. The predicted molar refractivity (Wildman–Crippen MR) is 87.0 cm³/mol. The number of nitrogens with zero attached hydrogens (tertiary/aromatic N) is 1. The first-order valence-electron chi connectivity index (χ1n) is 7.55. The molecule has 0 spiro atoms. The normalized spacial score (nSPS) is 12.2. The molecule has 134 valence electrons. The summed E-state index contributed by atoms with van der Waals surface area (Å²) in [6, 6.07) is 5.61. The highest BCUT2D eigenvalue weighted by molar-refractivity contribution is 6.03. The first-order chi connectivity index (χ1) is 11.4. The van der Waals surface area contributed by atoms with Crippen molar-refractivity contribution in [2.24, 2.45) is 0 Å². The van der Waals surface area contributed by atoms with Gasteiger partial charge >= 0.3 is 6.18 Å². The van der Waals surface area contributed by atoms with E-state index in [4.69, 9.17) is 0 Å². The Hall–Kier alpha value is -2.44. The summed E-state index contributed by atoms with van der Waals surface area (Å²) in [6.45, 7) is 7.90. The topological polar surface area (TPSA) is 42.0 Å². The average Bonchev–Trinajstić information content (AvgIpc) is 2.47. The number of pyridine rings is 1. The van der Waals surface area contributed by atoms with Gasteiger partial charge in [-0.15, -0.1) is 0 Å². The molecule has 2 aromatic rings. The number of benzene rings is 1. The second-order valence-corrected chi connectivity index (χ2v) is 6.75. The smallest absolute Gasteiger partial charge is 0.321 e. The van der Waals surface area contributed by atoms with Crippen LogP contribution in [0, 0.1) is 12.7 Å². The molecule has 0 saturated heterocycles. The number of hydrogen-bond donors (Lipinski definition) is 1. The van der Waals surface area contributed by atoms with E-state index < -0.39 is 29.2 Å². The van der Waals surface area contributed by atoms with Crippen LogP contribution in [-0.2, 0) is 11.6 Å². The Morgan fingerprint density at radius 1 is 1.08 bits per heavy atom. The van der Waals surface area contributed by atoms with E-state index in [1.54, 1.807) is 18.2 Å². The van der Waals surface area contributed by atoms with Crippen LogP contribution >= 0.6 is 0 Å². The van der Waals surface area contributed by atoms with E-state index in [-0.39, 0.29) is 5.41 Å². The van der Waals surface area contributed by atoms with Gasteiger partial charge in [-0.05, 0) is 41.7 Å². The van der Waals surface area contributed by atoms with Crippen molar-refractivity contribution < 1.29 is 22.4 Å². The van der Waals surface area contributed by atoms with Gasteiger partial charge in [0.05, 0.1) is 5.56 Å². The fourth-order valence-electron chi connectivity index (χ4n) is 2.52. The largest absolute Gasteiger partial charge is 0.419 e. The summed E-state index contributed by atoms with van der Waals surface area (Å²) in [5.74, 6) is -2.72. The molecule has 1 heterocycles. The van der Waals surface area contributed by atoms with Crippen molar-refractivity contribution in [3.8, 4) is 0 Å². The van der Waals surface area contributed by atoms with Gasteiger partial charge in [0, 0.05) is 11.9 Å². The van der Waals surface area contributed by atoms with Crippen LogP contribution in [0.25, 0.3) is 0 Å². The van der Waals surface area contributed by atoms with E-state index in [9.17, 15) is 22.4 Å². The molecule has 7 heteroatoms. The third kappa shape index (κ3) is 4.15. The van der Waals surface area contributed by atoms with Crippen molar-refractivity contribution in [2.45, 2.75) is 39.3 Å². The Labute approximate surface area is 143 Å². The predicted octanol–water partition coefficient (Wildman–Crippen LogP) is 5.10. The van der Waals surface area contributed by atoms with Crippen molar-refractivity contribution >= 4 is 11.6 Å². The average molecular weight is 354 g/mol. The van der Waals surface area contributed by atoms with Gasteiger partial charge in [0.15, 0.2) is 11.5 Å². The summed E-state index contributed by atoms with van der Waals surface area (Å²) >= 11 is 0. The van der Waals surface area contributed by atoms with Crippen LogP contribution in [0.1, 0.15) is 48.0 Å². The van der Waals surface area contributed by atoms with E-state index in [0.717, 1.165) is 17.3 Å². The SMILES string of the molecule is Cc1ccc(NC(=O)c2nccc(C(F)(F)F)c2F)cc1C(C)(C)C. The number of aryl methyl sites for hydroxylation is 1. The second-order valence-electron chi connectivity index (χ2n) is 6.75. The fraction of sp³-hybridized carbons (Fsp3) is 0.333. The lowest BCUT2D eigenvalue weighted by Crippen LogP contribution is -2.20. The number of carbonyl (C=O) groups excluding carboxylic acids is 1. The van der Waals surface area contributed by atoms with Gasteiger partial charge in [-0.3, -0.25) is 4.79 Å². The van der Waals surface area contributed by atoms with Crippen LogP contribution in [0.2, 0.25) is 0 Å². The Morgan fingerprint density at radius 3 is 2.28 bits per heavy atom. The maximum absolute atomic E-state index is 14.0. The zero-order valence-electron chi connectivity index (χ0n) is 14.3. The van der Waals surface area contributed by atoms with Gasteiger partial charge in [-0.25, -0.2) is 9.37 Å². The molecule has 0 saturated carbocycles. The van der Waals surface area contributed by atoms with Crippen molar-refractivity contribution in [1.82, 2.24) is 4.98 Å². The molecule has 0 atom stereocenters. The van der Waals surface area contributed by atoms with Crippen molar-refractivity contribution in [1.29, 1.82) is 0 Å². The van der Waals surface area contributed by atoms with E-state index >= 15 is 0 Å². The molecule has 1 aromatic heterocycles. The second kappa shape index (κ2) is 6.46. The number of aromatic nitrogens is 1. The van der Waals surface area contributed by atoms with Gasteiger partial charge in [-0.1, -0.05) is 26.8 Å². The number of alkyl halides is 3. The van der Waals surface area contributed by atoms with Gasteiger partial charge in [0.2, 0.25) is 0 Å². The van der Waals surface area contributed by atoms with Crippen LogP contribution in [-0.4, -0.2) is 10.9 Å². The molecule has 1 amide bonds. The number of carbonyl (C=O) groups is 1. The van der Waals surface area contributed by atoms with Gasteiger partial charge in [-0.2, -0.15) is 13.2 Å². The van der Waals surface area contributed by atoms with Crippen molar-refractivity contribution in [3.63, 3.8) is 0 Å². The van der Waals surface area contributed by atoms with E-state index in [1.165, 1.54) is 0 Å². The fourth-order valence-corrected chi connectivity index (χ4v) is 2.52. The summed E-state index contributed by atoms with van der Waals surface area (Å²) in [4.78, 5) is 15.6. The lowest BCUT2D eigenvalue weighted by atomic mass is 9.84. The molecule has 1 aromatic carbocycles. The number of rotatable bonds is 2. The number of hydrogen-bond acceptors (Lipinski definition) is 2. The molecule has 0 unspecified atom stereocenters. The van der Waals surface area contributed by atoms with Crippen molar-refractivity contribution in [2.75, 3.05) is 5.32 Å². The van der Waals surface area contributed by atoms with Crippen LogP contribution in [0.15, 0.2) is 30.5 Å². The van der Waals surface area contributed by atoms with E-state index in [1.807, 2.05) is 27.7 Å². The highest BCUT2D eigenvalue weighted by Crippen LogP contribution is 2.32. The summed E-state index contributed by atoms with van der Waals surface area (Å²) in [7, 11) is 0. The van der Waals surface area contributed by atoms with Crippen LogP contribution in [0.5, 0.6) is 0 Å². The third-order valence-corrected chi connectivity index (χ3v) is 3.71. The maximum atomic E-state index is 14.0. The monoisotopic (exact) mass is 354 g/mol. The Bertz CT molecular complexity index is 808. The molecule has 2 rings (SSSR count). The quantitative estimate of drug-likeness (QED) is 0.763. The molecule has 1 N–H and O–H groups in total. The van der Waals surface area contributed by atoms with Crippen LogP contribution < -0.4 is 5.32 Å². The number of anilines is 1.